The van der Waals surface area contributed by atoms with Gasteiger partial charge in [-0.1, -0.05) is 48.0 Å². The Hall–Kier alpha value is -1.69. The molecule has 1 aliphatic heterocycles. The molecule has 2 aromatic rings. The third kappa shape index (κ3) is 4.10. The van der Waals surface area contributed by atoms with E-state index in [2.05, 4.69) is 30.9 Å². The average molecular weight is 387 g/mol. The van der Waals surface area contributed by atoms with Crippen LogP contribution >= 0.6 is 0 Å². The molecule has 0 radical (unpaired) electrons. The second-order valence-corrected chi connectivity index (χ2v) is 9.78. The molecule has 27 heavy (non-hydrogen) atoms. The molecule has 1 aliphatic rings. The normalized spacial score (nSPS) is 22.1. The molecule has 0 N–H and O–H groups in total. The van der Waals surface area contributed by atoms with Gasteiger partial charge in [0.05, 0.1) is 4.90 Å². The van der Waals surface area contributed by atoms with Crippen LogP contribution in [0.1, 0.15) is 36.1 Å². The molecule has 2 atom stereocenters. The molecule has 0 bridgehead atoms. The summed E-state index contributed by atoms with van der Waals surface area (Å²) in [4.78, 5) is 2.87. The number of hydrogen-bond acceptors (Lipinski definition) is 3. The average Bonchev–Trinajstić information content (AvgIpc) is 2.57. The molecule has 4 nitrogen and oxygen atoms in total. The van der Waals surface area contributed by atoms with Crippen molar-refractivity contribution >= 4 is 10.0 Å². The van der Waals surface area contributed by atoms with Gasteiger partial charge in [0.25, 0.3) is 0 Å². The van der Waals surface area contributed by atoms with Crippen LogP contribution in [0.4, 0.5) is 0 Å². The van der Waals surface area contributed by atoms with Crippen LogP contribution in [-0.4, -0.2) is 42.8 Å². The maximum atomic E-state index is 13.4. The zero-order chi connectivity index (χ0) is 19.8. The standard InChI is InChI=1S/C22H30N2O2S/c1-16-11-17(2)22(18(3)12-16)27(25,26)23-13-19(4)24(20(5)14-23)15-21-9-7-6-8-10-21/h6-12,19-20H,13-15H2,1-5H3. The van der Waals surface area contributed by atoms with Crippen LogP contribution in [0.15, 0.2) is 47.4 Å². The van der Waals surface area contributed by atoms with E-state index < -0.39 is 10.0 Å². The van der Waals surface area contributed by atoms with Crippen LogP contribution in [0.5, 0.6) is 0 Å². The van der Waals surface area contributed by atoms with Gasteiger partial charge < -0.3 is 0 Å². The van der Waals surface area contributed by atoms with Gasteiger partial charge in [0.15, 0.2) is 0 Å². The molecule has 0 aromatic heterocycles. The molecular weight excluding hydrogens is 356 g/mol. The van der Waals surface area contributed by atoms with Gasteiger partial charge in [-0.2, -0.15) is 4.31 Å². The summed E-state index contributed by atoms with van der Waals surface area (Å²) >= 11 is 0. The SMILES string of the molecule is Cc1cc(C)c(S(=O)(=O)N2CC(C)N(Cc3ccccc3)C(C)C2)c(C)c1. The van der Waals surface area contributed by atoms with Crippen molar-refractivity contribution < 1.29 is 8.42 Å². The Morgan fingerprint density at radius 3 is 1.96 bits per heavy atom. The summed E-state index contributed by atoms with van der Waals surface area (Å²) in [6.07, 6.45) is 0. The van der Waals surface area contributed by atoms with E-state index in [1.54, 1.807) is 4.31 Å². The molecule has 1 heterocycles. The summed E-state index contributed by atoms with van der Waals surface area (Å²) in [6, 6.07) is 14.6. The molecule has 1 saturated heterocycles. The number of benzene rings is 2. The van der Waals surface area contributed by atoms with Crippen LogP contribution in [0.2, 0.25) is 0 Å². The minimum absolute atomic E-state index is 0.162. The molecule has 3 rings (SSSR count). The van der Waals surface area contributed by atoms with Crippen LogP contribution in [0.25, 0.3) is 0 Å². The lowest BCUT2D eigenvalue weighted by Crippen LogP contribution is -2.57. The molecule has 0 saturated carbocycles. The highest BCUT2D eigenvalue weighted by Crippen LogP contribution is 2.29. The quantitative estimate of drug-likeness (QED) is 0.800. The fourth-order valence-corrected chi connectivity index (χ4v) is 6.33. The van der Waals surface area contributed by atoms with Crippen molar-refractivity contribution in [2.45, 2.75) is 58.1 Å². The zero-order valence-corrected chi connectivity index (χ0v) is 17.8. The maximum absolute atomic E-state index is 13.4. The Balaban J connectivity index is 1.84. The van der Waals surface area contributed by atoms with Crippen LogP contribution in [-0.2, 0) is 16.6 Å². The van der Waals surface area contributed by atoms with Gasteiger partial charge in [0.2, 0.25) is 10.0 Å². The Bertz CT molecular complexity index is 874. The van der Waals surface area contributed by atoms with E-state index in [1.165, 1.54) is 5.56 Å². The lowest BCUT2D eigenvalue weighted by atomic mass is 10.1. The number of hydrogen-bond donors (Lipinski definition) is 0. The van der Waals surface area contributed by atoms with Gasteiger partial charge in [-0.25, -0.2) is 8.42 Å². The van der Waals surface area contributed by atoms with Crippen LogP contribution in [0.3, 0.4) is 0 Å². The number of aryl methyl sites for hydroxylation is 3. The predicted molar refractivity (Wildman–Crippen MR) is 110 cm³/mol. The van der Waals surface area contributed by atoms with Gasteiger partial charge in [-0.3, -0.25) is 4.90 Å². The molecule has 1 fully saturated rings. The molecule has 2 aromatic carbocycles. The Labute approximate surface area is 163 Å². The van der Waals surface area contributed by atoms with E-state index in [9.17, 15) is 8.42 Å². The van der Waals surface area contributed by atoms with Gasteiger partial charge in [-0.15, -0.1) is 0 Å². The monoisotopic (exact) mass is 386 g/mol. The van der Waals surface area contributed by atoms with Crippen molar-refractivity contribution in [1.82, 2.24) is 9.21 Å². The first-order valence-corrected chi connectivity index (χ1v) is 11.0. The van der Waals surface area contributed by atoms with Crippen molar-refractivity contribution in [1.29, 1.82) is 0 Å². The molecule has 0 spiro atoms. The Morgan fingerprint density at radius 1 is 0.926 bits per heavy atom. The molecule has 0 amide bonds. The van der Waals surface area contributed by atoms with E-state index in [0.717, 1.165) is 23.2 Å². The smallest absolute Gasteiger partial charge is 0.243 e. The van der Waals surface area contributed by atoms with Crippen LogP contribution in [0, 0.1) is 20.8 Å². The van der Waals surface area contributed by atoms with Crippen molar-refractivity contribution in [3.05, 3.63) is 64.7 Å². The Kier molecular flexibility index (Phi) is 5.75. The van der Waals surface area contributed by atoms with Crippen molar-refractivity contribution in [2.24, 2.45) is 0 Å². The van der Waals surface area contributed by atoms with Crippen LogP contribution < -0.4 is 0 Å². The highest BCUT2D eigenvalue weighted by Gasteiger charge is 2.37. The van der Waals surface area contributed by atoms with E-state index >= 15 is 0 Å². The van der Waals surface area contributed by atoms with E-state index in [0.29, 0.717) is 18.0 Å². The third-order valence-corrected chi connectivity index (χ3v) is 7.62. The molecule has 5 heteroatoms. The second-order valence-electron chi connectivity index (χ2n) is 7.91. The van der Waals surface area contributed by atoms with Gasteiger partial charge in [-0.05, 0) is 51.3 Å². The summed E-state index contributed by atoms with van der Waals surface area (Å²) < 4.78 is 28.5. The van der Waals surface area contributed by atoms with Crippen molar-refractivity contribution in [3.8, 4) is 0 Å². The predicted octanol–water partition coefficient (Wildman–Crippen LogP) is 3.90. The number of rotatable bonds is 4. The summed E-state index contributed by atoms with van der Waals surface area (Å²) in [6.45, 7) is 11.9. The number of nitrogens with zero attached hydrogens (tertiary/aromatic N) is 2. The number of piperazine rings is 1. The first kappa shape index (κ1) is 20.1. The molecule has 2 unspecified atom stereocenters. The van der Waals surface area contributed by atoms with E-state index in [4.69, 9.17) is 0 Å². The van der Waals surface area contributed by atoms with Gasteiger partial charge in [0, 0.05) is 31.7 Å². The van der Waals surface area contributed by atoms with E-state index in [1.807, 2.05) is 51.1 Å². The first-order valence-electron chi connectivity index (χ1n) is 9.58. The summed E-state index contributed by atoms with van der Waals surface area (Å²) in [5.74, 6) is 0. The fraction of sp³-hybridized carbons (Fsp3) is 0.455. The second kappa shape index (κ2) is 7.74. The molecule has 146 valence electrons. The minimum Gasteiger partial charge on any atom is -0.291 e. The van der Waals surface area contributed by atoms with E-state index in [-0.39, 0.29) is 12.1 Å². The topological polar surface area (TPSA) is 40.6 Å². The number of sulfonamides is 1. The highest BCUT2D eigenvalue weighted by molar-refractivity contribution is 7.89. The lowest BCUT2D eigenvalue weighted by Gasteiger charge is -2.44. The van der Waals surface area contributed by atoms with Gasteiger partial charge >= 0.3 is 0 Å². The Morgan fingerprint density at radius 2 is 1.44 bits per heavy atom. The van der Waals surface area contributed by atoms with Crippen molar-refractivity contribution in [2.75, 3.05) is 13.1 Å². The summed E-state index contributed by atoms with van der Waals surface area (Å²) in [7, 11) is -3.50. The third-order valence-electron chi connectivity index (χ3n) is 5.48. The fourth-order valence-electron chi connectivity index (χ4n) is 4.31. The maximum Gasteiger partial charge on any atom is 0.243 e. The lowest BCUT2D eigenvalue weighted by molar-refractivity contribution is 0.0698. The highest BCUT2D eigenvalue weighted by atomic mass is 32.2. The summed E-state index contributed by atoms with van der Waals surface area (Å²) in [5.41, 5.74) is 4.02. The van der Waals surface area contributed by atoms with Gasteiger partial charge in [0.1, 0.15) is 0 Å². The summed E-state index contributed by atoms with van der Waals surface area (Å²) in [5, 5.41) is 0. The van der Waals surface area contributed by atoms with Crippen molar-refractivity contribution in [3.63, 3.8) is 0 Å². The molecular formula is C22H30N2O2S. The first-order chi connectivity index (χ1) is 12.7. The molecule has 0 aliphatic carbocycles. The largest absolute Gasteiger partial charge is 0.291 e. The zero-order valence-electron chi connectivity index (χ0n) is 16.9. The minimum atomic E-state index is -3.50.